The van der Waals surface area contributed by atoms with Crippen molar-refractivity contribution in [2.24, 2.45) is 7.05 Å². The van der Waals surface area contributed by atoms with Crippen LogP contribution >= 0.6 is 22.9 Å². The molecule has 0 bridgehead atoms. The van der Waals surface area contributed by atoms with Crippen molar-refractivity contribution >= 4 is 50.2 Å². The third-order valence-electron chi connectivity index (χ3n) is 7.06. The van der Waals surface area contributed by atoms with Crippen molar-refractivity contribution in [1.29, 1.82) is 0 Å². The lowest BCUT2D eigenvalue weighted by Crippen LogP contribution is -2.29. The molecule has 4 aromatic heterocycles. The molecule has 6 rings (SSSR count). The monoisotopic (exact) mass is 611 g/mol. The van der Waals surface area contributed by atoms with Gasteiger partial charge in [0, 0.05) is 41.2 Å². The van der Waals surface area contributed by atoms with E-state index in [-0.39, 0.29) is 0 Å². The van der Waals surface area contributed by atoms with Crippen LogP contribution in [0.4, 0.5) is 0 Å². The molecule has 6 aromatic rings. The van der Waals surface area contributed by atoms with Crippen molar-refractivity contribution < 1.29 is 14.3 Å². The topological polar surface area (TPSA) is 92.0 Å². The van der Waals surface area contributed by atoms with Gasteiger partial charge in [-0.05, 0) is 81.3 Å². The lowest BCUT2D eigenvalue weighted by Gasteiger charge is -2.28. The van der Waals surface area contributed by atoms with Crippen molar-refractivity contribution in [1.82, 2.24) is 24.7 Å². The van der Waals surface area contributed by atoms with Gasteiger partial charge in [0.25, 0.3) is 0 Å². The molecule has 0 aliphatic rings. The molecule has 0 aliphatic carbocycles. The van der Waals surface area contributed by atoms with Crippen LogP contribution < -0.4 is 0 Å². The molecule has 0 fully saturated rings. The number of rotatable bonds is 6. The van der Waals surface area contributed by atoms with Gasteiger partial charge in [-0.3, -0.25) is 9.67 Å². The molecular weight excluding hydrogens is 582 g/mol. The number of fused-ring (bicyclic) bond motifs is 2. The number of thiazole rings is 1. The van der Waals surface area contributed by atoms with Crippen LogP contribution in [0.3, 0.4) is 0 Å². The Morgan fingerprint density at radius 3 is 2.49 bits per heavy atom. The lowest BCUT2D eigenvalue weighted by molar-refractivity contribution is -0.164. The number of methoxy groups -OCH3 is 1. The highest BCUT2D eigenvalue weighted by Crippen LogP contribution is 2.44. The largest absolute Gasteiger partial charge is 0.467 e. The van der Waals surface area contributed by atoms with Crippen molar-refractivity contribution in [3.8, 4) is 33.1 Å². The van der Waals surface area contributed by atoms with E-state index < -0.39 is 17.7 Å². The van der Waals surface area contributed by atoms with Crippen LogP contribution in [0.15, 0.2) is 67.0 Å². The molecule has 1 atom stereocenters. The van der Waals surface area contributed by atoms with Crippen LogP contribution in [0.2, 0.25) is 5.02 Å². The molecule has 2 aromatic carbocycles. The molecule has 4 heterocycles. The molecule has 1 unspecified atom stereocenters. The van der Waals surface area contributed by atoms with Gasteiger partial charge in [0.05, 0.1) is 34.1 Å². The predicted molar refractivity (Wildman–Crippen MR) is 171 cm³/mol. The Bertz CT molecular complexity index is 1980. The minimum absolute atomic E-state index is 0.469. The Balaban J connectivity index is 1.59. The van der Waals surface area contributed by atoms with E-state index in [0.29, 0.717) is 5.02 Å². The summed E-state index contributed by atoms with van der Waals surface area (Å²) in [5.74, 6) is -0.469. The normalized spacial score (nSPS) is 12.6. The molecule has 0 spiro atoms. The first-order valence-corrected chi connectivity index (χ1v) is 14.9. The van der Waals surface area contributed by atoms with Crippen molar-refractivity contribution in [2.75, 3.05) is 7.11 Å². The van der Waals surface area contributed by atoms with Crippen LogP contribution in [0.25, 0.3) is 54.3 Å². The maximum atomic E-state index is 13.2. The molecule has 218 valence electrons. The molecule has 10 heteroatoms. The second-order valence-corrected chi connectivity index (χ2v) is 12.7. The summed E-state index contributed by atoms with van der Waals surface area (Å²) in [5.41, 5.74) is 7.59. The van der Waals surface area contributed by atoms with Gasteiger partial charge in [0.1, 0.15) is 16.2 Å². The van der Waals surface area contributed by atoms with Crippen molar-refractivity contribution in [2.45, 2.75) is 39.4 Å². The highest BCUT2D eigenvalue weighted by atomic mass is 35.5. The molecule has 0 amide bonds. The summed E-state index contributed by atoms with van der Waals surface area (Å²) in [6.07, 6.45) is 2.58. The van der Waals surface area contributed by atoms with E-state index in [2.05, 4.69) is 4.98 Å². The van der Waals surface area contributed by atoms with E-state index in [4.69, 9.17) is 36.1 Å². The number of aryl methyl sites for hydroxylation is 2. The summed E-state index contributed by atoms with van der Waals surface area (Å²) in [7, 11) is 3.28. The number of aromatic nitrogens is 5. The fourth-order valence-electron chi connectivity index (χ4n) is 5.20. The molecule has 0 saturated heterocycles. The minimum atomic E-state index is -0.947. The van der Waals surface area contributed by atoms with E-state index in [1.165, 1.54) is 18.4 Å². The number of ether oxygens (including phenoxy) is 2. The highest BCUT2D eigenvalue weighted by Gasteiger charge is 2.33. The molecule has 0 radical (unpaired) electrons. The Morgan fingerprint density at radius 1 is 1.05 bits per heavy atom. The van der Waals surface area contributed by atoms with Crippen molar-refractivity contribution in [3.63, 3.8) is 0 Å². The Kier molecular flexibility index (Phi) is 7.50. The number of halogens is 1. The zero-order chi connectivity index (χ0) is 30.5. The Hall–Kier alpha value is -4.18. The maximum absolute atomic E-state index is 13.2. The number of hydrogen-bond acceptors (Lipinski definition) is 8. The number of nitrogens with zero attached hydrogens (tertiary/aromatic N) is 5. The zero-order valence-corrected chi connectivity index (χ0v) is 26.2. The van der Waals surface area contributed by atoms with Crippen molar-refractivity contribution in [3.05, 3.63) is 83.1 Å². The lowest BCUT2D eigenvalue weighted by atomic mass is 9.91. The third-order valence-corrected chi connectivity index (χ3v) is 8.42. The average Bonchev–Trinajstić information content (AvgIpc) is 3.56. The van der Waals surface area contributed by atoms with Gasteiger partial charge < -0.3 is 9.47 Å². The first kappa shape index (κ1) is 28.9. The van der Waals surface area contributed by atoms with Crippen LogP contribution in [0.5, 0.6) is 0 Å². The fraction of sp³-hybridized carbons (Fsp3) is 0.242. The minimum Gasteiger partial charge on any atom is -0.467 e. The standard InChI is InChI=1S/C33H30ClN5O3S/c1-18-16-23-30(26(19-9-11-21(34)12-10-19)25(18)29(32(40)41-6)42-33(2,3)4)43-31(37-23)22-13-14-24-28(36-22)27(38-39(24)5)20-8-7-15-35-17-20/h7-17,29H,1-6H3. The third kappa shape index (κ3) is 5.51. The summed E-state index contributed by atoms with van der Waals surface area (Å²) < 4.78 is 14.3. The van der Waals surface area contributed by atoms with Gasteiger partial charge in [-0.2, -0.15) is 5.10 Å². The van der Waals surface area contributed by atoms with E-state index in [9.17, 15) is 4.79 Å². The molecule has 0 aliphatic heterocycles. The van der Waals surface area contributed by atoms with Gasteiger partial charge in [-0.15, -0.1) is 11.3 Å². The molecular formula is C33H30ClN5O3S. The van der Waals surface area contributed by atoms with E-state index in [1.54, 1.807) is 12.4 Å². The second kappa shape index (κ2) is 11.1. The molecule has 0 saturated carbocycles. The van der Waals surface area contributed by atoms with Gasteiger partial charge in [-0.1, -0.05) is 23.7 Å². The van der Waals surface area contributed by atoms with Crippen LogP contribution in [0.1, 0.15) is 38.0 Å². The quantitative estimate of drug-likeness (QED) is 0.176. The summed E-state index contributed by atoms with van der Waals surface area (Å²) in [4.78, 5) is 27.6. The van der Waals surface area contributed by atoms with Crippen LogP contribution in [-0.2, 0) is 21.3 Å². The summed E-state index contributed by atoms with van der Waals surface area (Å²) in [6, 6.07) is 17.4. The first-order chi connectivity index (χ1) is 20.5. The predicted octanol–water partition coefficient (Wildman–Crippen LogP) is 7.97. The number of hydrogen-bond donors (Lipinski definition) is 0. The van der Waals surface area contributed by atoms with Gasteiger partial charge >= 0.3 is 5.97 Å². The number of carbonyl (C=O) groups excluding carboxylic acids is 1. The number of benzene rings is 2. The first-order valence-electron chi connectivity index (χ1n) is 13.7. The molecule has 43 heavy (non-hydrogen) atoms. The summed E-state index contributed by atoms with van der Waals surface area (Å²) in [5, 5.41) is 6.09. The molecule has 0 N–H and O–H groups in total. The second-order valence-electron chi connectivity index (χ2n) is 11.3. The smallest absolute Gasteiger partial charge is 0.339 e. The van der Waals surface area contributed by atoms with Crippen LogP contribution in [0, 0.1) is 6.92 Å². The van der Waals surface area contributed by atoms with E-state index in [1.807, 2.05) is 94.0 Å². The van der Waals surface area contributed by atoms with E-state index >= 15 is 0 Å². The highest BCUT2D eigenvalue weighted by molar-refractivity contribution is 7.22. The van der Waals surface area contributed by atoms with Crippen LogP contribution in [-0.4, -0.2) is 43.4 Å². The average molecular weight is 612 g/mol. The van der Waals surface area contributed by atoms with E-state index in [0.717, 1.165) is 65.5 Å². The number of carbonyl (C=O) groups is 1. The maximum Gasteiger partial charge on any atom is 0.339 e. The molecule has 8 nitrogen and oxygen atoms in total. The number of pyridine rings is 2. The summed E-state index contributed by atoms with van der Waals surface area (Å²) in [6.45, 7) is 7.73. The Labute approximate surface area is 258 Å². The zero-order valence-electron chi connectivity index (χ0n) is 24.7. The van der Waals surface area contributed by atoms with Gasteiger partial charge in [0.2, 0.25) is 0 Å². The van der Waals surface area contributed by atoms with Gasteiger partial charge in [0.15, 0.2) is 6.10 Å². The fourth-order valence-corrected chi connectivity index (χ4v) is 6.42. The SMILES string of the molecule is COC(=O)C(OC(C)(C)C)c1c(C)cc2nc(-c3ccc4c(n3)c(-c3cccnc3)nn4C)sc2c1-c1ccc(Cl)cc1. The summed E-state index contributed by atoms with van der Waals surface area (Å²) >= 11 is 7.79. The Morgan fingerprint density at radius 2 is 1.81 bits per heavy atom. The number of esters is 1. The van der Waals surface area contributed by atoms with Gasteiger partial charge in [-0.25, -0.2) is 14.8 Å².